The number of amides is 1. The van der Waals surface area contributed by atoms with Crippen LogP contribution in [0.15, 0.2) is 36.4 Å². The predicted molar refractivity (Wildman–Crippen MR) is 105 cm³/mol. The van der Waals surface area contributed by atoms with Gasteiger partial charge in [0.25, 0.3) is 0 Å². The van der Waals surface area contributed by atoms with Gasteiger partial charge in [0.05, 0.1) is 6.54 Å². The van der Waals surface area contributed by atoms with Crippen molar-refractivity contribution in [2.75, 3.05) is 66.5 Å². The van der Waals surface area contributed by atoms with Crippen LogP contribution in [0, 0.1) is 0 Å². The van der Waals surface area contributed by atoms with Gasteiger partial charge in [-0.1, -0.05) is 42.5 Å². The Morgan fingerprint density at radius 3 is 2.48 bits per heavy atom. The largest absolute Gasteiger partial charge is 0.355 e. The van der Waals surface area contributed by atoms with Crippen LogP contribution in [0.4, 0.5) is 0 Å². The number of nitrogens with zero attached hydrogens (tertiary/aromatic N) is 3. The molecule has 0 atom stereocenters. The summed E-state index contributed by atoms with van der Waals surface area (Å²) in [5, 5.41) is 3.02. The molecule has 0 aromatic heterocycles. The van der Waals surface area contributed by atoms with Crippen LogP contribution in [-0.2, 0) is 4.79 Å². The molecular formula is C20H32N4O. The second-order valence-corrected chi connectivity index (χ2v) is 6.90. The standard InChI is InChI=1S/C20H32N4O/c1-22(2)12-7-11-21-20(25)18-24-16-14-23(15-17-24)13-6-10-19-8-4-3-5-9-19/h3-6,8-10H,7,11-18H2,1-2H3,(H,21,25)/b10-6+. The lowest BCUT2D eigenvalue weighted by molar-refractivity contribution is -0.122. The van der Waals surface area contributed by atoms with E-state index < -0.39 is 0 Å². The van der Waals surface area contributed by atoms with Crippen molar-refractivity contribution in [1.29, 1.82) is 0 Å². The Balaban J connectivity index is 1.58. The Morgan fingerprint density at radius 1 is 1.12 bits per heavy atom. The summed E-state index contributed by atoms with van der Waals surface area (Å²) in [6.45, 7) is 7.24. The lowest BCUT2D eigenvalue weighted by Crippen LogP contribution is -2.49. The van der Waals surface area contributed by atoms with E-state index in [1.54, 1.807) is 0 Å². The van der Waals surface area contributed by atoms with Gasteiger partial charge in [-0.05, 0) is 32.6 Å². The van der Waals surface area contributed by atoms with E-state index in [2.05, 4.69) is 70.5 Å². The van der Waals surface area contributed by atoms with Crippen LogP contribution >= 0.6 is 0 Å². The Hall–Kier alpha value is -1.69. The summed E-state index contributed by atoms with van der Waals surface area (Å²) < 4.78 is 0. The van der Waals surface area contributed by atoms with Crippen LogP contribution in [0.1, 0.15) is 12.0 Å². The number of benzene rings is 1. The van der Waals surface area contributed by atoms with Gasteiger partial charge in [0, 0.05) is 39.3 Å². The summed E-state index contributed by atoms with van der Waals surface area (Å²) in [5.74, 6) is 0.149. The van der Waals surface area contributed by atoms with E-state index in [-0.39, 0.29) is 5.91 Å². The number of hydrogen-bond donors (Lipinski definition) is 1. The van der Waals surface area contributed by atoms with Crippen molar-refractivity contribution in [3.05, 3.63) is 42.0 Å². The first-order valence-electron chi connectivity index (χ1n) is 9.21. The molecule has 1 N–H and O–H groups in total. The van der Waals surface area contributed by atoms with E-state index in [1.165, 1.54) is 5.56 Å². The normalized spacial score (nSPS) is 16.6. The van der Waals surface area contributed by atoms with Gasteiger partial charge in [-0.3, -0.25) is 14.6 Å². The van der Waals surface area contributed by atoms with E-state index in [0.29, 0.717) is 6.54 Å². The molecule has 0 aliphatic carbocycles. The van der Waals surface area contributed by atoms with Crippen molar-refractivity contribution < 1.29 is 4.79 Å². The molecule has 138 valence electrons. The Bertz CT molecular complexity index is 522. The Morgan fingerprint density at radius 2 is 1.80 bits per heavy atom. The summed E-state index contributed by atoms with van der Waals surface area (Å²) >= 11 is 0. The zero-order chi connectivity index (χ0) is 17.9. The van der Waals surface area contributed by atoms with E-state index >= 15 is 0 Å². The molecule has 1 heterocycles. The van der Waals surface area contributed by atoms with Crippen LogP contribution in [0.2, 0.25) is 0 Å². The number of piperazine rings is 1. The highest BCUT2D eigenvalue weighted by Crippen LogP contribution is 2.04. The minimum absolute atomic E-state index is 0.149. The molecule has 1 aromatic rings. The van der Waals surface area contributed by atoms with Crippen molar-refractivity contribution in [3.63, 3.8) is 0 Å². The van der Waals surface area contributed by atoms with Gasteiger partial charge in [0.15, 0.2) is 0 Å². The lowest BCUT2D eigenvalue weighted by Gasteiger charge is -2.33. The van der Waals surface area contributed by atoms with Crippen LogP contribution in [0.25, 0.3) is 6.08 Å². The highest BCUT2D eigenvalue weighted by molar-refractivity contribution is 5.77. The van der Waals surface area contributed by atoms with Gasteiger partial charge in [-0.2, -0.15) is 0 Å². The number of nitrogens with one attached hydrogen (secondary N) is 1. The van der Waals surface area contributed by atoms with Gasteiger partial charge in [-0.25, -0.2) is 0 Å². The van der Waals surface area contributed by atoms with Gasteiger partial charge in [0.1, 0.15) is 0 Å². The van der Waals surface area contributed by atoms with Gasteiger partial charge in [0.2, 0.25) is 5.91 Å². The number of hydrogen-bond acceptors (Lipinski definition) is 4. The molecule has 25 heavy (non-hydrogen) atoms. The summed E-state index contributed by atoms with van der Waals surface area (Å²) in [6, 6.07) is 10.4. The lowest BCUT2D eigenvalue weighted by atomic mass is 10.2. The second-order valence-electron chi connectivity index (χ2n) is 6.90. The summed E-state index contributed by atoms with van der Waals surface area (Å²) in [7, 11) is 4.10. The monoisotopic (exact) mass is 344 g/mol. The molecular weight excluding hydrogens is 312 g/mol. The Labute approximate surface area is 152 Å². The van der Waals surface area contributed by atoms with Gasteiger partial charge in [-0.15, -0.1) is 0 Å². The maximum Gasteiger partial charge on any atom is 0.234 e. The zero-order valence-electron chi connectivity index (χ0n) is 15.7. The van der Waals surface area contributed by atoms with Crippen LogP contribution in [0.5, 0.6) is 0 Å². The summed E-state index contributed by atoms with van der Waals surface area (Å²) in [6.07, 6.45) is 5.40. The molecule has 0 spiro atoms. The number of rotatable bonds is 9. The maximum absolute atomic E-state index is 12.0. The molecule has 1 saturated heterocycles. The first-order chi connectivity index (χ1) is 12.1. The highest BCUT2D eigenvalue weighted by Gasteiger charge is 2.17. The fourth-order valence-corrected chi connectivity index (χ4v) is 2.91. The smallest absolute Gasteiger partial charge is 0.234 e. The molecule has 2 rings (SSSR count). The van der Waals surface area contributed by atoms with Crippen LogP contribution < -0.4 is 5.32 Å². The molecule has 1 aliphatic rings. The third kappa shape index (κ3) is 8.29. The summed E-state index contributed by atoms with van der Waals surface area (Å²) in [4.78, 5) is 18.8. The fraction of sp³-hybridized carbons (Fsp3) is 0.550. The zero-order valence-corrected chi connectivity index (χ0v) is 15.7. The predicted octanol–water partition coefficient (Wildman–Crippen LogP) is 1.39. The van der Waals surface area contributed by atoms with Crippen molar-refractivity contribution >= 4 is 12.0 Å². The maximum atomic E-state index is 12.0. The molecule has 1 fully saturated rings. The highest BCUT2D eigenvalue weighted by atomic mass is 16.2. The first kappa shape index (κ1) is 19.6. The van der Waals surface area contributed by atoms with Gasteiger partial charge < -0.3 is 10.2 Å². The SMILES string of the molecule is CN(C)CCCNC(=O)CN1CCN(C/C=C/c2ccccc2)CC1. The van der Waals surface area contributed by atoms with E-state index in [1.807, 2.05) is 6.07 Å². The van der Waals surface area contributed by atoms with Crippen molar-refractivity contribution in [3.8, 4) is 0 Å². The third-order valence-corrected chi connectivity index (χ3v) is 4.41. The van der Waals surface area contributed by atoms with E-state index in [4.69, 9.17) is 0 Å². The summed E-state index contributed by atoms with van der Waals surface area (Å²) in [5.41, 5.74) is 1.24. The third-order valence-electron chi connectivity index (χ3n) is 4.41. The average molecular weight is 345 g/mol. The fourth-order valence-electron chi connectivity index (χ4n) is 2.91. The molecule has 0 saturated carbocycles. The molecule has 5 heteroatoms. The quantitative estimate of drug-likeness (QED) is 0.687. The average Bonchev–Trinajstić information content (AvgIpc) is 2.61. The topological polar surface area (TPSA) is 38.8 Å². The van der Waals surface area contributed by atoms with Crippen LogP contribution in [0.3, 0.4) is 0 Å². The molecule has 1 aromatic carbocycles. The molecule has 1 amide bonds. The van der Waals surface area contributed by atoms with E-state index in [0.717, 1.165) is 52.2 Å². The van der Waals surface area contributed by atoms with Gasteiger partial charge >= 0.3 is 0 Å². The van der Waals surface area contributed by atoms with Crippen molar-refractivity contribution in [2.45, 2.75) is 6.42 Å². The number of carbonyl (C=O) groups is 1. The number of carbonyl (C=O) groups excluding carboxylic acids is 1. The van der Waals surface area contributed by atoms with Crippen LogP contribution in [-0.4, -0.2) is 87.1 Å². The second kappa shape index (κ2) is 11.0. The molecule has 5 nitrogen and oxygen atoms in total. The van der Waals surface area contributed by atoms with Crippen molar-refractivity contribution in [1.82, 2.24) is 20.0 Å². The molecule has 0 bridgehead atoms. The molecule has 1 aliphatic heterocycles. The van der Waals surface area contributed by atoms with E-state index in [9.17, 15) is 4.79 Å². The molecule has 0 radical (unpaired) electrons. The minimum Gasteiger partial charge on any atom is -0.355 e. The Kier molecular flexibility index (Phi) is 8.66. The first-order valence-corrected chi connectivity index (χ1v) is 9.21. The molecule has 0 unspecified atom stereocenters. The van der Waals surface area contributed by atoms with Crippen molar-refractivity contribution in [2.24, 2.45) is 0 Å². The minimum atomic E-state index is 0.149.